The van der Waals surface area contributed by atoms with Crippen LogP contribution in [0.3, 0.4) is 0 Å². The molecule has 1 unspecified atom stereocenters. The molecule has 0 aromatic rings. The molecule has 1 amide bonds. The second kappa shape index (κ2) is 5.52. The molecule has 2 rings (SSSR count). The van der Waals surface area contributed by atoms with Gasteiger partial charge in [-0.15, -0.1) is 0 Å². The van der Waals surface area contributed by atoms with Crippen molar-refractivity contribution in [2.24, 2.45) is 5.73 Å². The molecule has 110 valence electrons. The molecule has 19 heavy (non-hydrogen) atoms. The zero-order valence-electron chi connectivity index (χ0n) is 12.3. The van der Waals surface area contributed by atoms with Gasteiger partial charge in [-0.1, -0.05) is 0 Å². The van der Waals surface area contributed by atoms with Crippen LogP contribution >= 0.6 is 11.8 Å². The van der Waals surface area contributed by atoms with Crippen LogP contribution in [0.2, 0.25) is 0 Å². The SMILES string of the molecule is CC(C)(C)OC(=O)N1CCSC(CCC2(N)CC2)C1. The first-order valence-electron chi connectivity index (χ1n) is 7.16. The van der Waals surface area contributed by atoms with E-state index in [-0.39, 0.29) is 11.6 Å². The molecule has 2 fully saturated rings. The number of thioether (sulfide) groups is 1. The van der Waals surface area contributed by atoms with E-state index in [1.165, 1.54) is 12.8 Å². The zero-order chi connectivity index (χ0) is 14.1. The summed E-state index contributed by atoms with van der Waals surface area (Å²) in [4.78, 5) is 13.9. The van der Waals surface area contributed by atoms with Crippen LogP contribution in [0.5, 0.6) is 0 Å². The monoisotopic (exact) mass is 286 g/mol. The second-order valence-electron chi connectivity index (χ2n) is 6.82. The minimum absolute atomic E-state index is 0.120. The van der Waals surface area contributed by atoms with Crippen LogP contribution in [0.15, 0.2) is 0 Å². The van der Waals surface area contributed by atoms with E-state index < -0.39 is 5.60 Å². The molecule has 5 heteroatoms. The van der Waals surface area contributed by atoms with Crippen molar-refractivity contribution in [3.8, 4) is 0 Å². The molecule has 1 saturated carbocycles. The standard InChI is InChI=1S/C14H26N2O2S/c1-13(2,3)18-12(17)16-8-9-19-11(10-16)4-5-14(15)6-7-14/h11H,4-10,15H2,1-3H3. The second-order valence-corrected chi connectivity index (χ2v) is 8.23. The van der Waals surface area contributed by atoms with Crippen molar-refractivity contribution in [2.45, 2.75) is 62.8 Å². The van der Waals surface area contributed by atoms with Crippen molar-refractivity contribution in [3.63, 3.8) is 0 Å². The summed E-state index contributed by atoms with van der Waals surface area (Å²) in [6.45, 7) is 7.32. The lowest BCUT2D eigenvalue weighted by Crippen LogP contribution is -2.44. The molecule has 0 bridgehead atoms. The van der Waals surface area contributed by atoms with Crippen molar-refractivity contribution < 1.29 is 9.53 Å². The van der Waals surface area contributed by atoms with Gasteiger partial charge in [0.1, 0.15) is 5.60 Å². The molecule has 0 aromatic heterocycles. The molecule has 1 aliphatic heterocycles. The van der Waals surface area contributed by atoms with Gasteiger partial charge in [0.25, 0.3) is 0 Å². The maximum atomic E-state index is 12.0. The van der Waals surface area contributed by atoms with Gasteiger partial charge in [-0.2, -0.15) is 11.8 Å². The van der Waals surface area contributed by atoms with E-state index in [4.69, 9.17) is 10.5 Å². The highest BCUT2D eigenvalue weighted by Crippen LogP contribution is 2.38. The van der Waals surface area contributed by atoms with E-state index in [1.54, 1.807) is 0 Å². The van der Waals surface area contributed by atoms with Crippen molar-refractivity contribution in [3.05, 3.63) is 0 Å². The van der Waals surface area contributed by atoms with E-state index in [2.05, 4.69) is 0 Å². The molecule has 1 saturated heterocycles. The molecule has 0 aromatic carbocycles. The Bertz CT molecular complexity index is 337. The molecule has 2 aliphatic rings. The van der Waals surface area contributed by atoms with Crippen LogP contribution < -0.4 is 5.73 Å². The fraction of sp³-hybridized carbons (Fsp3) is 0.929. The molecule has 2 N–H and O–H groups in total. The lowest BCUT2D eigenvalue weighted by atomic mass is 10.1. The summed E-state index contributed by atoms with van der Waals surface area (Å²) in [6, 6.07) is 0. The number of nitrogens with two attached hydrogens (primary N) is 1. The molecule has 1 atom stereocenters. The Morgan fingerprint density at radius 2 is 2.16 bits per heavy atom. The zero-order valence-corrected chi connectivity index (χ0v) is 13.1. The average Bonchev–Trinajstić information content (AvgIpc) is 3.04. The summed E-state index contributed by atoms with van der Waals surface area (Å²) in [6.07, 6.45) is 4.36. The summed E-state index contributed by atoms with van der Waals surface area (Å²) < 4.78 is 5.44. The largest absolute Gasteiger partial charge is 0.444 e. The predicted octanol–water partition coefficient (Wildman–Crippen LogP) is 2.61. The summed E-state index contributed by atoms with van der Waals surface area (Å²) >= 11 is 1.97. The maximum Gasteiger partial charge on any atom is 0.410 e. The van der Waals surface area contributed by atoms with Gasteiger partial charge in [0, 0.05) is 29.6 Å². The highest BCUT2D eigenvalue weighted by Gasteiger charge is 2.38. The van der Waals surface area contributed by atoms with Crippen LogP contribution in [0.1, 0.15) is 46.5 Å². The lowest BCUT2D eigenvalue weighted by molar-refractivity contribution is 0.0255. The normalized spacial score (nSPS) is 26.1. The van der Waals surface area contributed by atoms with Gasteiger partial charge in [0.2, 0.25) is 0 Å². The molecule has 4 nitrogen and oxygen atoms in total. The topological polar surface area (TPSA) is 55.6 Å². The van der Waals surface area contributed by atoms with Crippen LogP contribution in [-0.4, -0.2) is 46.2 Å². The first-order chi connectivity index (χ1) is 8.77. The van der Waals surface area contributed by atoms with Crippen LogP contribution in [0.25, 0.3) is 0 Å². The quantitative estimate of drug-likeness (QED) is 0.866. The number of ether oxygens (including phenoxy) is 1. The highest BCUT2D eigenvalue weighted by molar-refractivity contribution is 8.00. The fourth-order valence-electron chi connectivity index (χ4n) is 2.25. The van der Waals surface area contributed by atoms with Crippen molar-refractivity contribution in [1.82, 2.24) is 4.90 Å². The lowest BCUT2D eigenvalue weighted by Gasteiger charge is -2.34. The van der Waals surface area contributed by atoms with Crippen molar-refractivity contribution in [1.29, 1.82) is 0 Å². The summed E-state index contributed by atoms with van der Waals surface area (Å²) in [5.41, 5.74) is 5.84. The molecule has 1 heterocycles. The maximum absolute atomic E-state index is 12.0. The smallest absolute Gasteiger partial charge is 0.410 e. The summed E-state index contributed by atoms with van der Waals surface area (Å²) in [5, 5.41) is 0.516. The van der Waals surface area contributed by atoms with Gasteiger partial charge in [-0.25, -0.2) is 4.79 Å². The third kappa shape index (κ3) is 4.88. The number of carbonyl (C=O) groups is 1. The third-order valence-corrected chi connectivity index (χ3v) is 4.92. The van der Waals surface area contributed by atoms with Gasteiger partial charge >= 0.3 is 6.09 Å². The highest BCUT2D eigenvalue weighted by atomic mass is 32.2. The first kappa shape index (κ1) is 15.0. The number of nitrogens with zero attached hydrogens (tertiary/aromatic N) is 1. The minimum atomic E-state index is -0.410. The Kier molecular flexibility index (Phi) is 4.35. The Morgan fingerprint density at radius 1 is 1.47 bits per heavy atom. The Hall–Kier alpha value is -0.420. The van der Waals surface area contributed by atoms with Gasteiger partial charge < -0.3 is 15.4 Å². The van der Waals surface area contributed by atoms with Crippen molar-refractivity contribution in [2.75, 3.05) is 18.8 Å². The Labute approximate surface area is 120 Å². The summed E-state index contributed by atoms with van der Waals surface area (Å²) in [7, 11) is 0. The number of amides is 1. The van der Waals surface area contributed by atoms with E-state index in [0.717, 1.165) is 31.7 Å². The molecular weight excluding hydrogens is 260 g/mol. The van der Waals surface area contributed by atoms with E-state index >= 15 is 0 Å². The fourth-order valence-corrected chi connectivity index (χ4v) is 3.47. The first-order valence-corrected chi connectivity index (χ1v) is 8.21. The van der Waals surface area contributed by atoms with Crippen LogP contribution in [0, 0.1) is 0 Å². The number of carbonyl (C=O) groups excluding carboxylic acids is 1. The van der Waals surface area contributed by atoms with Gasteiger partial charge in [0.05, 0.1) is 0 Å². The van der Waals surface area contributed by atoms with Crippen LogP contribution in [0.4, 0.5) is 4.79 Å². The Balaban J connectivity index is 1.77. The Morgan fingerprint density at radius 3 is 2.74 bits per heavy atom. The molecular formula is C14H26N2O2S. The number of hydrogen-bond acceptors (Lipinski definition) is 4. The average molecular weight is 286 g/mol. The minimum Gasteiger partial charge on any atom is -0.444 e. The number of hydrogen-bond donors (Lipinski definition) is 1. The van der Waals surface area contributed by atoms with Crippen LogP contribution in [-0.2, 0) is 4.74 Å². The third-order valence-electron chi connectivity index (χ3n) is 3.65. The van der Waals surface area contributed by atoms with Gasteiger partial charge in [0.15, 0.2) is 0 Å². The predicted molar refractivity (Wildman–Crippen MR) is 79.4 cm³/mol. The van der Waals surface area contributed by atoms with E-state index in [1.807, 2.05) is 37.4 Å². The van der Waals surface area contributed by atoms with Gasteiger partial charge in [-0.3, -0.25) is 0 Å². The molecule has 1 aliphatic carbocycles. The van der Waals surface area contributed by atoms with E-state index in [9.17, 15) is 4.79 Å². The summed E-state index contributed by atoms with van der Waals surface area (Å²) in [5.74, 6) is 1.00. The molecule has 0 spiro atoms. The van der Waals surface area contributed by atoms with Crippen molar-refractivity contribution >= 4 is 17.9 Å². The number of rotatable bonds is 3. The van der Waals surface area contributed by atoms with Gasteiger partial charge in [-0.05, 0) is 46.5 Å². The molecule has 0 radical (unpaired) electrons. The van der Waals surface area contributed by atoms with E-state index in [0.29, 0.717) is 5.25 Å².